The fourth-order valence-corrected chi connectivity index (χ4v) is 6.29. The van der Waals surface area contributed by atoms with Crippen LogP contribution in [0.15, 0.2) is 54.0 Å². The summed E-state index contributed by atoms with van der Waals surface area (Å²) in [5.74, 6) is 4.85. The molecule has 0 saturated carbocycles. The lowest BCUT2D eigenvalue weighted by molar-refractivity contribution is 0.377. The van der Waals surface area contributed by atoms with Crippen LogP contribution in [0.5, 0.6) is 0 Å². The van der Waals surface area contributed by atoms with E-state index in [-0.39, 0.29) is 5.92 Å². The lowest BCUT2D eigenvalue weighted by atomic mass is 9.94. The number of aromatic nitrogens is 10. The molecule has 236 valence electrons. The van der Waals surface area contributed by atoms with Crippen molar-refractivity contribution >= 4 is 45.3 Å². The summed E-state index contributed by atoms with van der Waals surface area (Å²) >= 11 is 0. The van der Waals surface area contributed by atoms with Crippen LogP contribution in [0.4, 0.5) is 23.3 Å². The Labute approximate surface area is 265 Å². The molecule has 0 radical (unpaired) electrons. The Morgan fingerprint density at radius 3 is 2.00 bits per heavy atom. The molecule has 2 aliphatic rings. The van der Waals surface area contributed by atoms with Crippen molar-refractivity contribution in [2.24, 2.45) is 7.05 Å². The maximum absolute atomic E-state index is 5.92. The molecule has 4 N–H and O–H groups in total. The summed E-state index contributed by atoms with van der Waals surface area (Å²) in [5.41, 5.74) is 16.0. The van der Waals surface area contributed by atoms with E-state index in [4.69, 9.17) is 16.0 Å². The van der Waals surface area contributed by atoms with Crippen LogP contribution < -0.4 is 21.3 Å². The van der Waals surface area contributed by atoms with Crippen LogP contribution in [-0.4, -0.2) is 75.8 Å². The highest BCUT2D eigenvalue weighted by molar-refractivity contribution is 5.85. The molecule has 0 aliphatic carbocycles. The van der Waals surface area contributed by atoms with Gasteiger partial charge in [-0.15, -0.1) is 0 Å². The number of hydrogen-bond acceptors (Lipinski definition) is 14. The van der Waals surface area contributed by atoms with Gasteiger partial charge in [-0.3, -0.25) is 0 Å². The summed E-state index contributed by atoms with van der Waals surface area (Å²) < 4.78 is 7.22. The zero-order valence-electron chi connectivity index (χ0n) is 25.9. The van der Waals surface area contributed by atoms with Gasteiger partial charge in [-0.1, -0.05) is 5.16 Å². The number of hydrogen-bond donors (Lipinski definition) is 2. The molecule has 2 saturated heterocycles. The van der Waals surface area contributed by atoms with E-state index in [0.717, 1.165) is 80.4 Å². The fraction of sp³-hybridized carbons (Fsp3) is 0.387. The number of aryl methyl sites for hydroxylation is 2. The highest BCUT2D eigenvalue weighted by Crippen LogP contribution is 2.31. The first kappa shape index (κ1) is 29.3. The van der Waals surface area contributed by atoms with Crippen molar-refractivity contribution in [2.75, 3.05) is 47.4 Å². The number of rotatable bonds is 4. The van der Waals surface area contributed by atoms with Gasteiger partial charge in [0.25, 0.3) is 0 Å². The molecule has 15 nitrogen and oxygen atoms in total. The van der Waals surface area contributed by atoms with Crippen LogP contribution in [0.25, 0.3) is 22.1 Å². The Balaban J connectivity index is 0.000000147. The quantitative estimate of drug-likeness (QED) is 0.291. The van der Waals surface area contributed by atoms with Gasteiger partial charge >= 0.3 is 0 Å². The molecule has 46 heavy (non-hydrogen) atoms. The van der Waals surface area contributed by atoms with Crippen molar-refractivity contribution < 1.29 is 4.52 Å². The number of nitrogen functional groups attached to an aromatic ring is 2. The molecule has 8 heterocycles. The normalized spacial score (nSPS) is 17.3. The average Bonchev–Trinajstić information content (AvgIpc) is 3.73. The van der Waals surface area contributed by atoms with Crippen LogP contribution in [0, 0.1) is 6.92 Å². The Morgan fingerprint density at radius 1 is 0.761 bits per heavy atom. The number of piperidine rings is 2. The van der Waals surface area contributed by atoms with E-state index >= 15 is 0 Å². The third-order valence-corrected chi connectivity index (χ3v) is 8.74. The second kappa shape index (κ2) is 12.5. The van der Waals surface area contributed by atoms with E-state index in [1.54, 1.807) is 0 Å². The number of nitrogens with two attached hydrogens (primary N) is 2. The van der Waals surface area contributed by atoms with Gasteiger partial charge in [0.2, 0.25) is 5.89 Å². The summed E-state index contributed by atoms with van der Waals surface area (Å²) in [6, 6.07) is 7.87. The molecule has 2 aliphatic heterocycles. The number of fused-ring (bicyclic) bond motifs is 2. The maximum Gasteiger partial charge on any atom is 0.223 e. The predicted octanol–water partition coefficient (Wildman–Crippen LogP) is 3.41. The van der Waals surface area contributed by atoms with Crippen LogP contribution in [0.1, 0.15) is 54.9 Å². The highest BCUT2D eigenvalue weighted by Gasteiger charge is 2.26. The molecule has 8 rings (SSSR count). The van der Waals surface area contributed by atoms with E-state index in [0.29, 0.717) is 34.5 Å². The largest absolute Gasteiger partial charge is 0.382 e. The van der Waals surface area contributed by atoms with E-state index in [1.807, 2.05) is 43.7 Å². The van der Waals surface area contributed by atoms with Gasteiger partial charge in [-0.05, 0) is 49.9 Å². The first-order valence-corrected chi connectivity index (χ1v) is 15.4. The van der Waals surface area contributed by atoms with E-state index in [2.05, 4.69) is 66.4 Å². The van der Waals surface area contributed by atoms with E-state index in [1.165, 1.54) is 18.3 Å². The minimum absolute atomic E-state index is 0.253. The van der Waals surface area contributed by atoms with Crippen molar-refractivity contribution in [2.45, 2.75) is 44.4 Å². The molecule has 6 aromatic heterocycles. The van der Waals surface area contributed by atoms with Crippen LogP contribution in [0.2, 0.25) is 0 Å². The monoisotopic (exact) mass is 620 g/mol. The standard InChI is InChI=1S/C16H19N7.C15H17N7O/c1-22-10-18-8-13(22)11-4-6-23(7-5-11)14-3-2-12-15(21-14)16(17)20-9-19-12;1-9-19-15(21-23-9)10-3-2-6-22(7-10)12-5-4-11-13(20-12)14(16)18-8-17-11/h2-3,8-11H,4-7H2,1H3,(H2,17,19,20);4-5,8,10H,2-3,6-7H2,1H3,(H2,16,17,18). The van der Waals surface area contributed by atoms with Gasteiger partial charge < -0.3 is 30.4 Å². The first-order chi connectivity index (χ1) is 22.4. The van der Waals surface area contributed by atoms with Crippen molar-refractivity contribution in [1.29, 1.82) is 0 Å². The first-order valence-electron chi connectivity index (χ1n) is 15.4. The molecule has 15 heteroatoms. The van der Waals surface area contributed by atoms with Crippen LogP contribution >= 0.6 is 0 Å². The van der Waals surface area contributed by atoms with Crippen LogP contribution in [0.3, 0.4) is 0 Å². The molecule has 0 aromatic carbocycles. The Morgan fingerprint density at radius 2 is 1.41 bits per heavy atom. The zero-order valence-corrected chi connectivity index (χ0v) is 25.9. The molecule has 1 atom stereocenters. The third-order valence-electron chi connectivity index (χ3n) is 8.74. The minimum atomic E-state index is 0.253. The van der Waals surface area contributed by atoms with Crippen molar-refractivity contribution in [3.8, 4) is 0 Å². The van der Waals surface area contributed by atoms with E-state index in [9.17, 15) is 0 Å². The van der Waals surface area contributed by atoms with Gasteiger partial charge in [-0.25, -0.2) is 34.9 Å². The van der Waals surface area contributed by atoms with Gasteiger partial charge in [0.05, 0.1) is 17.4 Å². The second-order valence-corrected chi connectivity index (χ2v) is 11.7. The summed E-state index contributed by atoms with van der Waals surface area (Å²) in [6.45, 7) is 5.51. The SMILES string of the molecule is Cc1nc(C2CCCN(c3ccc4ncnc(N)c4n3)C2)no1.Cn1cncc1C1CCN(c2ccc3ncnc(N)c3n2)CC1. The van der Waals surface area contributed by atoms with Gasteiger partial charge in [0.1, 0.15) is 35.3 Å². The number of nitrogens with zero attached hydrogens (tertiary/aromatic N) is 12. The Hall–Kier alpha value is -5.47. The number of anilines is 4. The smallest absolute Gasteiger partial charge is 0.223 e. The van der Waals surface area contributed by atoms with E-state index < -0.39 is 0 Å². The van der Waals surface area contributed by atoms with Crippen molar-refractivity contribution in [1.82, 2.24) is 49.6 Å². The maximum atomic E-state index is 5.92. The molecule has 0 spiro atoms. The average molecular weight is 621 g/mol. The zero-order chi connectivity index (χ0) is 31.6. The number of imidazole rings is 1. The summed E-state index contributed by atoms with van der Waals surface area (Å²) in [4.78, 5) is 38.9. The highest BCUT2D eigenvalue weighted by atomic mass is 16.5. The van der Waals surface area contributed by atoms with Gasteiger partial charge in [0, 0.05) is 63.9 Å². The molecule has 0 bridgehead atoms. The molecule has 0 amide bonds. The Bertz CT molecular complexity index is 1960. The molecule has 1 unspecified atom stereocenters. The van der Waals surface area contributed by atoms with Gasteiger partial charge in [0.15, 0.2) is 17.5 Å². The number of pyridine rings is 2. The predicted molar refractivity (Wildman–Crippen MR) is 174 cm³/mol. The van der Waals surface area contributed by atoms with Crippen molar-refractivity contribution in [3.05, 3.63) is 66.9 Å². The lowest BCUT2D eigenvalue weighted by Crippen LogP contribution is -2.35. The molecular formula is C31H36N14O. The topological polar surface area (TPSA) is 193 Å². The third kappa shape index (κ3) is 5.95. The minimum Gasteiger partial charge on any atom is -0.382 e. The summed E-state index contributed by atoms with van der Waals surface area (Å²) in [7, 11) is 2.06. The molecule has 6 aromatic rings. The summed E-state index contributed by atoms with van der Waals surface area (Å²) in [5, 5.41) is 4.06. The molecular weight excluding hydrogens is 584 g/mol. The van der Waals surface area contributed by atoms with Crippen molar-refractivity contribution in [3.63, 3.8) is 0 Å². The molecule has 2 fully saturated rings. The second-order valence-electron chi connectivity index (χ2n) is 11.7. The Kier molecular flexibility index (Phi) is 7.95. The lowest BCUT2D eigenvalue weighted by Gasteiger charge is -2.33. The van der Waals surface area contributed by atoms with Gasteiger partial charge in [-0.2, -0.15) is 4.98 Å². The van der Waals surface area contributed by atoms with Crippen LogP contribution in [-0.2, 0) is 7.05 Å². The fourth-order valence-electron chi connectivity index (χ4n) is 6.29. The summed E-state index contributed by atoms with van der Waals surface area (Å²) in [6.07, 6.45) is 11.1.